The van der Waals surface area contributed by atoms with Crippen molar-refractivity contribution in [3.05, 3.63) is 11.6 Å². The average molecular weight is 196 g/mol. The number of rotatable bonds is 2. The van der Waals surface area contributed by atoms with Crippen LogP contribution in [0, 0.1) is 0 Å². The van der Waals surface area contributed by atoms with Crippen LogP contribution in [0.5, 0.6) is 0 Å². The van der Waals surface area contributed by atoms with Crippen LogP contribution in [0.15, 0.2) is 0 Å². The topological polar surface area (TPSA) is 53.6 Å². The quantitative estimate of drug-likeness (QED) is 0.743. The molecule has 14 heavy (non-hydrogen) atoms. The van der Waals surface area contributed by atoms with Crippen LogP contribution in [-0.4, -0.2) is 27.9 Å². The van der Waals surface area contributed by atoms with Crippen LogP contribution in [0.3, 0.4) is 0 Å². The third-order valence-electron chi connectivity index (χ3n) is 2.87. The van der Waals surface area contributed by atoms with E-state index in [2.05, 4.69) is 20.5 Å². The normalized spacial score (nSPS) is 32.4. The minimum atomic E-state index is -0.741. The molecule has 2 aliphatic rings. The molecule has 0 radical (unpaired) electrons. The van der Waals surface area contributed by atoms with Crippen LogP contribution in [0.4, 0.5) is 4.39 Å². The molecular formula is C9H13FN4. The van der Waals surface area contributed by atoms with E-state index in [1.165, 1.54) is 12.8 Å². The highest BCUT2D eigenvalue weighted by Crippen LogP contribution is 2.38. The molecule has 1 aliphatic heterocycles. The minimum absolute atomic E-state index is 0.0324. The molecule has 3 rings (SSSR count). The number of alkyl halides is 1. The summed E-state index contributed by atoms with van der Waals surface area (Å²) in [6, 6.07) is 0.0324. The molecule has 1 saturated carbocycles. The number of halogens is 1. The largest absolute Gasteiger partial charge is 0.304 e. The number of aromatic nitrogens is 3. The number of nitrogens with zero attached hydrogens (tertiary/aromatic N) is 2. The van der Waals surface area contributed by atoms with E-state index < -0.39 is 6.17 Å². The average Bonchev–Trinajstić information content (AvgIpc) is 2.76. The molecule has 76 valence electrons. The first-order valence-corrected chi connectivity index (χ1v) is 5.12. The molecular weight excluding hydrogens is 183 g/mol. The summed E-state index contributed by atoms with van der Waals surface area (Å²) in [5, 5.41) is 10.1. The van der Waals surface area contributed by atoms with Gasteiger partial charge in [0.15, 0.2) is 5.82 Å². The van der Waals surface area contributed by atoms with Crippen molar-refractivity contribution in [3.63, 3.8) is 0 Å². The molecule has 0 aromatic carbocycles. The van der Waals surface area contributed by atoms with Crippen molar-refractivity contribution in [1.29, 1.82) is 0 Å². The van der Waals surface area contributed by atoms with Gasteiger partial charge in [-0.25, -0.2) is 9.37 Å². The van der Waals surface area contributed by atoms with Crippen molar-refractivity contribution in [2.24, 2.45) is 0 Å². The van der Waals surface area contributed by atoms with Gasteiger partial charge in [0.25, 0.3) is 0 Å². The summed E-state index contributed by atoms with van der Waals surface area (Å²) in [7, 11) is 0. The fourth-order valence-electron chi connectivity index (χ4n) is 1.87. The first-order chi connectivity index (χ1) is 6.83. The lowest BCUT2D eigenvalue weighted by Crippen LogP contribution is -2.15. The van der Waals surface area contributed by atoms with Crippen molar-refractivity contribution >= 4 is 0 Å². The third kappa shape index (κ3) is 1.41. The standard InChI is InChI=1S/C9H13FN4/c10-6-3-7(11-4-6)9-12-8(13-14-9)5-1-2-5/h5-7,11H,1-4H2,(H,12,13,14)/t6-,7-/m0/s1. The maximum Gasteiger partial charge on any atom is 0.153 e. The summed E-state index contributed by atoms with van der Waals surface area (Å²) in [5.41, 5.74) is 0. The molecule has 1 aromatic rings. The van der Waals surface area contributed by atoms with Gasteiger partial charge in [-0.15, -0.1) is 0 Å². The highest BCUT2D eigenvalue weighted by atomic mass is 19.1. The molecule has 1 aliphatic carbocycles. The zero-order valence-electron chi connectivity index (χ0n) is 7.83. The summed E-state index contributed by atoms with van der Waals surface area (Å²) in [6.45, 7) is 0.435. The fourth-order valence-corrected chi connectivity index (χ4v) is 1.87. The molecule has 4 nitrogen and oxygen atoms in total. The Morgan fingerprint density at radius 2 is 2.21 bits per heavy atom. The van der Waals surface area contributed by atoms with Crippen LogP contribution in [0.1, 0.15) is 42.9 Å². The summed E-state index contributed by atoms with van der Waals surface area (Å²) in [6.07, 6.45) is 2.16. The molecule has 1 saturated heterocycles. The lowest BCUT2D eigenvalue weighted by atomic mass is 10.2. The number of hydrogen-bond acceptors (Lipinski definition) is 3. The van der Waals surface area contributed by atoms with Gasteiger partial charge in [-0.05, 0) is 12.8 Å². The van der Waals surface area contributed by atoms with E-state index in [0.29, 0.717) is 18.9 Å². The predicted octanol–water partition coefficient (Wildman–Crippen LogP) is 1.05. The van der Waals surface area contributed by atoms with Gasteiger partial charge < -0.3 is 5.32 Å². The van der Waals surface area contributed by atoms with Crippen LogP contribution in [0.25, 0.3) is 0 Å². The van der Waals surface area contributed by atoms with E-state index in [1.807, 2.05) is 0 Å². The Labute approximate surface area is 81.3 Å². The van der Waals surface area contributed by atoms with E-state index in [1.54, 1.807) is 0 Å². The SMILES string of the molecule is F[C@@H]1CN[C@H](c2nc(C3CC3)n[nH]2)C1. The second kappa shape index (κ2) is 3.02. The second-order valence-electron chi connectivity index (χ2n) is 4.15. The van der Waals surface area contributed by atoms with E-state index >= 15 is 0 Å². The van der Waals surface area contributed by atoms with Gasteiger partial charge in [-0.1, -0.05) is 0 Å². The number of H-pyrrole nitrogens is 1. The van der Waals surface area contributed by atoms with E-state index in [4.69, 9.17) is 0 Å². The zero-order chi connectivity index (χ0) is 9.54. The van der Waals surface area contributed by atoms with Gasteiger partial charge in [0.05, 0.1) is 6.04 Å². The van der Waals surface area contributed by atoms with Crippen LogP contribution >= 0.6 is 0 Å². The van der Waals surface area contributed by atoms with Crippen molar-refractivity contribution in [2.75, 3.05) is 6.54 Å². The van der Waals surface area contributed by atoms with Gasteiger partial charge in [-0.2, -0.15) is 5.10 Å². The van der Waals surface area contributed by atoms with Crippen LogP contribution in [-0.2, 0) is 0 Å². The Morgan fingerprint density at radius 1 is 1.36 bits per heavy atom. The van der Waals surface area contributed by atoms with E-state index in [-0.39, 0.29) is 6.04 Å². The molecule has 1 aromatic heterocycles. The molecule has 2 fully saturated rings. The highest BCUT2D eigenvalue weighted by Gasteiger charge is 2.31. The summed E-state index contributed by atoms with van der Waals surface area (Å²) >= 11 is 0. The molecule has 0 amide bonds. The summed E-state index contributed by atoms with van der Waals surface area (Å²) in [4.78, 5) is 4.39. The molecule has 2 heterocycles. The highest BCUT2D eigenvalue weighted by molar-refractivity contribution is 5.08. The van der Waals surface area contributed by atoms with Crippen molar-refractivity contribution in [2.45, 2.75) is 37.4 Å². The lowest BCUT2D eigenvalue weighted by molar-refractivity contribution is 0.355. The zero-order valence-corrected chi connectivity index (χ0v) is 7.83. The minimum Gasteiger partial charge on any atom is -0.304 e. The molecule has 0 bridgehead atoms. The van der Waals surface area contributed by atoms with Crippen molar-refractivity contribution in [3.8, 4) is 0 Å². The Hall–Kier alpha value is -0.970. The van der Waals surface area contributed by atoms with E-state index in [9.17, 15) is 4.39 Å². The molecule has 0 unspecified atom stereocenters. The molecule has 0 spiro atoms. The van der Waals surface area contributed by atoms with Gasteiger partial charge in [0, 0.05) is 18.9 Å². The predicted molar refractivity (Wildman–Crippen MR) is 48.6 cm³/mol. The number of hydrogen-bond donors (Lipinski definition) is 2. The Morgan fingerprint density at radius 3 is 2.86 bits per heavy atom. The van der Waals surface area contributed by atoms with E-state index in [0.717, 1.165) is 11.6 Å². The number of nitrogens with one attached hydrogen (secondary N) is 2. The van der Waals surface area contributed by atoms with Gasteiger partial charge >= 0.3 is 0 Å². The second-order valence-corrected chi connectivity index (χ2v) is 4.15. The van der Waals surface area contributed by atoms with Gasteiger partial charge in [0.2, 0.25) is 0 Å². The maximum atomic E-state index is 12.9. The third-order valence-corrected chi connectivity index (χ3v) is 2.87. The smallest absolute Gasteiger partial charge is 0.153 e. The first-order valence-electron chi connectivity index (χ1n) is 5.12. The Bertz CT molecular complexity index is 333. The maximum absolute atomic E-state index is 12.9. The lowest BCUT2D eigenvalue weighted by Gasteiger charge is -2.03. The monoisotopic (exact) mass is 196 g/mol. The summed E-state index contributed by atoms with van der Waals surface area (Å²) in [5.74, 6) is 2.26. The van der Waals surface area contributed by atoms with Crippen molar-refractivity contribution in [1.82, 2.24) is 20.5 Å². The summed E-state index contributed by atoms with van der Waals surface area (Å²) < 4.78 is 12.9. The molecule has 2 atom stereocenters. The van der Waals surface area contributed by atoms with Crippen molar-refractivity contribution < 1.29 is 4.39 Å². The molecule has 5 heteroatoms. The fraction of sp³-hybridized carbons (Fsp3) is 0.778. The Balaban J connectivity index is 1.75. The molecule has 2 N–H and O–H groups in total. The van der Waals surface area contributed by atoms with Crippen LogP contribution in [0.2, 0.25) is 0 Å². The Kier molecular flexibility index (Phi) is 1.80. The number of aromatic amines is 1. The van der Waals surface area contributed by atoms with Gasteiger partial charge in [-0.3, -0.25) is 5.10 Å². The van der Waals surface area contributed by atoms with Crippen LogP contribution < -0.4 is 5.32 Å². The first kappa shape index (κ1) is 8.35. The van der Waals surface area contributed by atoms with Gasteiger partial charge in [0.1, 0.15) is 12.0 Å².